The van der Waals surface area contributed by atoms with Gasteiger partial charge < -0.3 is 10.1 Å². The molecule has 0 radical (unpaired) electrons. The zero-order chi connectivity index (χ0) is 16.2. The van der Waals surface area contributed by atoms with E-state index in [4.69, 9.17) is 4.74 Å². The SMILES string of the molecule is c1ccc2c(c1)CC(NCCCOc1cccc3c1SCCC3)C2. The summed E-state index contributed by atoms with van der Waals surface area (Å²) < 4.78 is 6.07. The average molecular weight is 340 g/mol. The van der Waals surface area contributed by atoms with E-state index >= 15 is 0 Å². The van der Waals surface area contributed by atoms with Crippen LogP contribution in [0, 0.1) is 0 Å². The van der Waals surface area contributed by atoms with Gasteiger partial charge in [0.1, 0.15) is 5.75 Å². The maximum Gasteiger partial charge on any atom is 0.133 e. The third-order valence-electron chi connectivity index (χ3n) is 4.96. The number of hydrogen-bond donors (Lipinski definition) is 1. The first kappa shape index (κ1) is 16.0. The molecule has 0 fully saturated rings. The van der Waals surface area contributed by atoms with Crippen LogP contribution >= 0.6 is 11.8 Å². The third-order valence-corrected chi connectivity index (χ3v) is 6.20. The lowest BCUT2D eigenvalue weighted by Crippen LogP contribution is -2.31. The molecule has 1 aliphatic heterocycles. The Labute approximate surface area is 149 Å². The second-order valence-corrected chi connectivity index (χ2v) is 7.83. The molecule has 0 spiro atoms. The summed E-state index contributed by atoms with van der Waals surface area (Å²) in [6.07, 6.45) is 5.87. The Hall–Kier alpha value is -1.45. The Bertz CT molecular complexity index is 675. The lowest BCUT2D eigenvalue weighted by atomic mass is 10.1. The van der Waals surface area contributed by atoms with Crippen molar-refractivity contribution >= 4 is 11.8 Å². The van der Waals surface area contributed by atoms with E-state index in [1.54, 1.807) is 0 Å². The van der Waals surface area contributed by atoms with Crippen molar-refractivity contribution in [3.05, 3.63) is 59.2 Å². The van der Waals surface area contributed by atoms with Crippen LogP contribution in [-0.2, 0) is 19.3 Å². The molecule has 0 amide bonds. The predicted octanol–water partition coefficient (Wildman–Crippen LogP) is 4.25. The van der Waals surface area contributed by atoms with Crippen LogP contribution in [-0.4, -0.2) is 24.9 Å². The van der Waals surface area contributed by atoms with Gasteiger partial charge in [-0.3, -0.25) is 0 Å². The van der Waals surface area contributed by atoms with E-state index in [0.717, 1.165) is 25.3 Å². The molecular weight excluding hydrogens is 314 g/mol. The van der Waals surface area contributed by atoms with Crippen LogP contribution in [0.3, 0.4) is 0 Å². The zero-order valence-electron chi connectivity index (χ0n) is 14.1. The van der Waals surface area contributed by atoms with Gasteiger partial charge in [0.2, 0.25) is 0 Å². The van der Waals surface area contributed by atoms with E-state index in [2.05, 4.69) is 47.8 Å². The Kier molecular flexibility index (Phi) is 5.10. The van der Waals surface area contributed by atoms with Crippen LogP contribution in [0.5, 0.6) is 5.75 Å². The fraction of sp³-hybridized carbons (Fsp3) is 0.429. The van der Waals surface area contributed by atoms with Crippen molar-refractivity contribution in [2.24, 2.45) is 0 Å². The van der Waals surface area contributed by atoms with Gasteiger partial charge in [-0.25, -0.2) is 0 Å². The molecule has 126 valence electrons. The number of fused-ring (bicyclic) bond motifs is 2. The van der Waals surface area contributed by atoms with Crippen LogP contribution in [0.2, 0.25) is 0 Å². The maximum atomic E-state index is 6.07. The van der Waals surface area contributed by atoms with Crippen molar-refractivity contribution in [1.29, 1.82) is 0 Å². The highest BCUT2D eigenvalue weighted by molar-refractivity contribution is 7.99. The van der Waals surface area contributed by atoms with Crippen LogP contribution in [0.4, 0.5) is 0 Å². The molecule has 2 nitrogen and oxygen atoms in total. The molecule has 0 atom stereocenters. The molecule has 1 N–H and O–H groups in total. The second kappa shape index (κ2) is 7.62. The topological polar surface area (TPSA) is 21.3 Å². The highest BCUT2D eigenvalue weighted by Crippen LogP contribution is 2.37. The minimum absolute atomic E-state index is 0.599. The molecule has 2 aliphatic rings. The zero-order valence-corrected chi connectivity index (χ0v) is 14.9. The molecule has 2 aromatic carbocycles. The highest BCUT2D eigenvalue weighted by atomic mass is 32.2. The summed E-state index contributed by atoms with van der Waals surface area (Å²) in [5.41, 5.74) is 4.49. The Morgan fingerprint density at radius 3 is 2.62 bits per heavy atom. The van der Waals surface area contributed by atoms with Gasteiger partial charge in [-0.1, -0.05) is 36.4 Å². The quantitative estimate of drug-likeness (QED) is 0.795. The second-order valence-electron chi connectivity index (χ2n) is 6.73. The summed E-state index contributed by atoms with van der Waals surface area (Å²) in [7, 11) is 0. The summed E-state index contributed by atoms with van der Waals surface area (Å²) in [5, 5.41) is 3.69. The summed E-state index contributed by atoms with van der Waals surface area (Å²) >= 11 is 1.95. The van der Waals surface area contributed by atoms with Crippen molar-refractivity contribution in [2.45, 2.75) is 43.0 Å². The minimum Gasteiger partial charge on any atom is -0.492 e. The summed E-state index contributed by atoms with van der Waals surface area (Å²) in [5.74, 6) is 2.31. The normalized spacial score (nSPS) is 16.7. The van der Waals surface area contributed by atoms with Gasteiger partial charge in [0.15, 0.2) is 0 Å². The van der Waals surface area contributed by atoms with Gasteiger partial charge in [0.25, 0.3) is 0 Å². The number of aryl methyl sites for hydroxylation is 1. The van der Waals surface area contributed by atoms with Crippen molar-refractivity contribution in [2.75, 3.05) is 18.9 Å². The molecule has 2 aromatic rings. The number of benzene rings is 2. The summed E-state index contributed by atoms with van der Waals surface area (Å²) in [4.78, 5) is 1.38. The number of nitrogens with one attached hydrogen (secondary N) is 1. The summed E-state index contributed by atoms with van der Waals surface area (Å²) in [6, 6.07) is 15.9. The minimum atomic E-state index is 0.599. The van der Waals surface area contributed by atoms with Crippen LogP contribution < -0.4 is 10.1 Å². The van der Waals surface area contributed by atoms with Gasteiger partial charge in [0.05, 0.1) is 11.5 Å². The molecule has 1 heterocycles. The Morgan fingerprint density at radius 2 is 1.79 bits per heavy atom. The Balaban J connectivity index is 1.21. The number of thioether (sulfide) groups is 1. The van der Waals surface area contributed by atoms with Gasteiger partial charge in [-0.05, 0) is 67.2 Å². The predicted molar refractivity (Wildman–Crippen MR) is 101 cm³/mol. The maximum absolute atomic E-state index is 6.07. The van der Waals surface area contributed by atoms with Crippen molar-refractivity contribution in [3.63, 3.8) is 0 Å². The number of ether oxygens (including phenoxy) is 1. The van der Waals surface area contributed by atoms with E-state index in [0.29, 0.717) is 6.04 Å². The first-order valence-corrected chi connectivity index (χ1v) is 10.1. The Morgan fingerprint density at radius 1 is 1.00 bits per heavy atom. The molecular formula is C21H25NOS. The smallest absolute Gasteiger partial charge is 0.133 e. The monoisotopic (exact) mass is 339 g/mol. The summed E-state index contributed by atoms with van der Waals surface area (Å²) in [6.45, 7) is 1.82. The van der Waals surface area contributed by atoms with E-state index in [9.17, 15) is 0 Å². The molecule has 4 rings (SSSR count). The van der Waals surface area contributed by atoms with Gasteiger partial charge in [-0.2, -0.15) is 0 Å². The fourth-order valence-electron chi connectivity index (χ4n) is 3.74. The standard InChI is InChI=1S/C21H25NOS/c1-2-7-18-15-19(14-17(18)6-1)22-11-5-12-23-20-10-3-8-16-9-4-13-24-21(16)20/h1-3,6-8,10,19,22H,4-5,9,11-15H2. The number of hydrogen-bond acceptors (Lipinski definition) is 3. The molecule has 0 bridgehead atoms. The van der Waals surface area contributed by atoms with Crippen molar-refractivity contribution < 1.29 is 4.74 Å². The van der Waals surface area contributed by atoms with E-state index < -0.39 is 0 Å². The van der Waals surface area contributed by atoms with Gasteiger partial charge in [-0.15, -0.1) is 11.8 Å². The van der Waals surface area contributed by atoms with E-state index in [1.165, 1.54) is 53.0 Å². The molecule has 0 saturated carbocycles. The van der Waals surface area contributed by atoms with Crippen molar-refractivity contribution in [1.82, 2.24) is 5.32 Å². The average Bonchev–Trinajstić information content (AvgIpc) is 3.04. The first-order valence-electron chi connectivity index (χ1n) is 9.08. The van der Waals surface area contributed by atoms with E-state index in [1.807, 2.05) is 11.8 Å². The third kappa shape index (κ3) is 3.62. The molecule has 0 saturated heterocycles. The van der Waals surface area contributed by atoms with Crippen LogP contribution in [0.25, 0.3) is 0 Å². The van der Waals surface area contributed by atoms with Gasteiger partial charge >= 0.3 is 0 Å². The van der Waals surface area contributed by atoms with Crippen LogP contribution in [0.15, 0.2) is 47.4 Å². The lowest BCUT2D eigenvalue weighted by molar-refractivity contribution is 0.297. The van der Waals surface area contributed by atoms with Gasteiger partial charge in [0, 0.05) is 6.04 Å². The number of rotatable bonds is 6. The first-order chi connectivity index (χ1) is 11.9. The van der Waals surface area contributed by atoms with Crippen LogP contribution in [0.1, 0.15) is 29.5 Å². The molecule has 3 heteroatoms. The largest absolute Gasteiger partial charge is 0.492 e. The molecule has 1 aliphatic carbocycles. The van der Waals surface area contributed by atoms with E-state index in [-0.39, 0.29) is 0 Å². The van der Waals surface area contributed by atoms with Crippen molar-refractivity contribution in [3.8, 4) is 5.75 Å². The molecule has 24 heavy (non-hydrogen) atoms. The lowest BCUT2D eigenvalue weighted by Gasteiger charge is -2.19. The highest BCUT2D eigenvalue weighted by Gasteiger charge is 2.20. The molecule has 0 aromatic heterocycles. The molecule has 0 unspecified atom stereocenters. The fourth-order valence-corrected chi connectivity index (χ4v) is 4.85.